The molecule has 10 heteroatoms. The molecule has 0 bridgehead atoms. The Labute approximate surface area is 362 Å². The summed E-state index contributed by atoms with van der Waals surface area (Å²) in [6.45, 7) is 7.71. The topological polar surface area (TPSA) is 84.9 Å². The van der Waals surface area contributed by atoms with Gasteiger partial charge >= 0.3 is 6.09 Å². The van der Waals surface area contributed by atoms with Crippen LogP contribution in [-0.2, 0) is 27.1 Å². The van der Waals surface area contributed by atoms with Gasteiger partial charge in [0.1, 0.15) is 23.8 Å². The van der Waals surface area contributed by atoms with Gasteiger partial charge in [0.25, 0.3) is 5.91 Å². The Morgan fingerprint density at radius 3 is 1.93 bits per heavy atom. The fraction of sp³-hybridized carbons (Fsp3) is 0.340. The summed E-state index contributed by atoms with van der Waals surface area (Å²) < 4.78 is 25.6. The van der Waals surface area contributed by atoms with Crippen molar-refractivity contribution in [3.05, 3.63) is 173 Å². The van der Waals surface area contributed by atoms with E-state index in [2.05, 4.69) is 78.1 Å². The minimum absolute atomic E-state index is 0.00767. The first-order chi connectivity index (χ1) is 28.9. The van der Waals surface area contributed by atoms with Crippen LogP contribution in [0.25, 0.3) is 0 Å². The van der Waals surface area contributed by atoms with Crippen LogP contribution < -0.4 is 10.1 Å². The molecule has 0 spiro atoms. The first kappa shape index (κ1) is 44.5. The molecule has 1 N–H and O–H groups in total. The first-order valence-electron chi connectivity index (χ1n) is 20.5. The third-order valence-corrected chi connectivity index (χ3v) is 13.0. The molecule has 3 atom stereocenters. The van der Waals surface area contributed by atoms with Gasteiger partial charge in [-0.1, -0.05) is 109 Å². The normalized spacial score (nSPS) is 15.9. The largest absolute Gasteiger partial charge is 0.491 e. The molecule has 5 aromatic rings. The van der Waals surface area contributed by atoms with Gasteiger partial charge in [-0.3, -0.25) is 9.59 Å². The van der Waals surface area contributed by atoms with Gasteiger partial charge in [0, 0.05) is 17.4 Å². The van der Waals surface area contributed by atoms with Crippen molar-refractivity contribution in [2.45, 2.75) is 81.1 Å². The second-order valence-electron chi connectivity index (χ2n) is 16.2. The second-order valence-corrected chi connectivity index (χ2v) is 18.7. The number of nitrogens with zero attached hydrogens (tertiary/aromatic N) is 1. The van der Waals surface area contributed by atoms with Crippen LogP contribution in [0.3, 0.4) is 0 Å². The molecule has 60 heavy (non-hydrogen) atoms. The number of hydrogen-bond donors (Lipinski definition) is 1. The Kier molecular flexibility index (Phi) is 15.2. The Morgan fingerprint density at radius 1 is 0.817 bits per heavy atom. The van der Waals surface area contributed by atoms with E-state index in [1.54, 1.807) is 34.9 Å². The Hall–Kier alpha value is -5.06. The molecule has 0 aliphatic carbocycles. The fourth-order valence-electron chi connectivity index (χ4n) is 7.68. The van der Waals surface area contributed by atoms with Crippen LogP contribution in [0.1, 0.15) is 78.7 Å². The van der Waals surface area contributed by atoms with E-state index in [0.29, 0.717) is 43.5 Å². The van der Waals surface area contributed by atoms with Crippen LogP contribution in [0.15, 0.2) is 133 Å². The Balaban J connectivity index is 1.30. The lowest BCUT2D eigenvalue weighted by Crippen LogP contribution is -2.42. The molecule has 0 radical (unpaired) electrons. The molecule has 0 unspecified atom stereocenters. The number of ether oxygens (including phenoxy) is 2. The molecule has 6 rings (SSSR count). The molecular formula is C50H55FN2O5S2. The maximum Gasteiger partial charge on any atom is 0.410 e. The number of halogens is 1. The molecule has 314 valence electrons. The zero-order chi connectivity index (χ0) is 42.7. The smallest absolute Gasteiger partial charge is 0.410 e. The Bertz CT molecular complexity index is 2090. The van der Waals surface area contributed by atoms with Crippen molar-refractivity contribution >= 4 is 41.3 Å². The lowest BCUT2D eigenvalue weighted by molar-refractivity contribution is -0.118. The monoisotopic (exact) mass is 846 g/mol. The van der Waals surface area contributed by atoms with Crippen LogP contribution in [-0.4, -0.2) is 70.8 Å². The summed E-state index contributed by atoms with van der Waals surface area (Å²) in [6, 6.07) is 42.4. The number of likely N-dealkylation sites (tertiary alicyclic amines) is 1. The number of carbonyl (C=O) groups is 3. The van der Waals surface area contributed by atoms with E-state index < -0.39 is 22.5 Å². The number of aryl methyl sites for hydroxylation is 2. The molecule has 1 fully saturated rings. The van der Waals surface area contributed by atoms with E-state index in [4.69, 9.17) is 9.47 Å². The molecule has 1 aliphatic rings. The second kappa shape index (κ2) is 20.5. The van der Waals surface area contributed by atoms with Gasteiger partial charge in [-0.05, 0) is 117 Å². The van der Waals surface area contributed by atoms with E-state index in [0.717, 1.165) is 33.6 Å². The van der Waals surface area contributed by atoms with Crippen LogP contribution >= 0.6 is 23.5 Å². The third-order valence-electron chi connectivity index (χ3n) is 10.7. The first-order valence-corrected chi connectivity index (χ1v) is 22.8. The van der Waals surface area contributed by atoms with Gasteiger partial charge in [0.15, 0.2) is 5.78 Å². The predicted molar refractivity (Wildman–Crippen MR) is 243 cm³/mol. The molecule has 5 aromatic carbocycles. The van der Waals surface area contributed by atoms with E-state index in [1.165, 1.54) is 19.1 Å². The average Bonchev–Trinajstić information content (AvgIpc) is 3.66. The maximum absolute atomic E-state index is 14.0. The van der Waals surface area contributed by atoms with E-state index >= 15 is 0 Å². The van der Waals surface area contributed by atoms with E-state index in [9.17, 15) is 18.8 Å². The average molecular weight is 847 g/mol. The van der Waals surface area contributed by atoms with Gasteiger partial charge in [-0.25, -0.2) is 9.18 Å². The van der Waals surface area contributed by atoms with Crippen molar-refractivity contribution in [2.75, 3.05) is 25.2 Å². The van der Waals surface area contributed by atoms with E-state index in [1.807, 2.05) is 69.1 Å². The van der Waals surface area contributed by atoms with Crippen LogP contribution in [0, 0.1) is 5.82 Å². The van der Waals surface area contributed by atoms with Gasteiger partial charge in [-0.2, -0.15) is 11.8 Å². The summed E-state index contributed by atoms with van der Waals surface area (Å²) in [5, 5.41) is 2.96. The van der Waals surface area contributed by atoms with Gasteiger partial charge in [0.2, 0.25) is 0 Å². The molecule has 1 heterocycles. The fourth-order valence-corrected chi connectivity index (χ4v) is 10.0. The number of carbonyl (C=O) groups excluding carboxylic acids is 3. The number of hydrogen-bond acceptors (Lipinski definition) is 7. The highest BCUT2D eigenvalue weighted by molar-refractivity contribution is 8.01. The van der Waals surface area contributed by atoms with Gasteiger partial charge < -0.3 is 19.7 Å². The predicted octanol–water partition coefficient (Wildman–Crippen LogP) is 10.5. The maximum atomic E-state index is 14.0. The molecule has 7 nitrogen and oxygen atoms in total. The number of ketones is 1. The van der Waals surface area contributed by atoms with Crippen LogP contribution in [0.4, 0.5) is 9.18 Å². The highest BCUT2D eigenvalue weighted by atomic mass is 32.2. The molecule has 2 amide bonds. The summed E-state index contributed by atoms with van der Waals surface area (Å²) in [6.07, 6.45) is 3.83. The number of rotatable bonds is 17. The summed E-state index contributed by atoms with van der Waals surface area (Å²) in [5.41, 5.74) is 4.85. The Morgan fingerprint density at radius 2 is 1.40 bits per heavy atom. The number of amides is 2. The summed E-state index contributed by atoms with van der Waals surface area (Å²) in [5.74, 6) is 0.429. The lowest BCUT2D eigenvalue weighted by atomic mass is 9.84. The van der Waals surface area contributed by atoms with Gasteiger partial charge in [-0.15, -0.1) is 11.8 Å². The highest BCUT2D eigenvalue weighted by Crippen LogP contribution is 2.52. The molecule has 0 saturated carbocycles. The molecule has 1 saturated heterocycles. The zero-order valence-electron chi connectivity index (χ0n) is 35.1. The standard InChI is InChI=1S/C50H55FN2O5S2/c1-35(54)46(29-30-59-5)52-47(55)45-32-43(28-25-37(45)24-21-36-22-26-41(51)27-23-36)57-34-42-31-44(33-53(42)48(56)58-49(2,3)4)60-50(38-15-9-6-10-16-38,39-17-11-7-12-18-39)40-19-13-8-14-20-40/h6-20,22-23,25-28,32,42,44,46H,21,24,29-31,33-34H2,1-5H3,(H,52,55)/t42-,44-,46-/m0/s1. The molecule has 1 aliphatic heterocycles. The van der Waals surface area contributed by atoms with Crippen molar-refractivity contribution in [3.8, 4) is 5.75 Å². The number of benzene rings is 5. The summed E-state index contributed by atoms with van der Waals surface area (Å²) in [7, 11) is 0. The summed E-state index contributed by atoms with van der Waals surface area (Å²) >= 11 is 3.46. The lowest BCUT2D eigenvalue weighted by Gasteiger charge is -2.37. The SMILES string of the molecule is CSCC[C@H](NC(=O)c1cc(OC[C@@H]2C[C@H](SC(c3ccccc3)(c3ccccc3)c3ccccc3)CN2C(=O)OC(C)(C)C)ccc1CCc1ccc(F)cc1)C(C)=O. The van der Waals surface area contributed by atoms with Crippen molar-refractivity contribution in [2.24, 2.45) is 0 Å². The number of nitrogens with one attached hydrogen (secondary N) is 1. The minimum Gasteiger partial charge on any atom is -0.491 e. The zero-order valence-corrected chi connectivity index (χ0v) is 36.7. The number of thioether (sulfide) groups is 2. The quantitative estimate of drug-likeness (QED) is 0.0933. The van der Waals surface area contributed by atoms with Crippen molar-refractivity contribution in [1.82, 2.24) is 10.2 Å². The van der Waals surface area contributed by atoms with Crippen molar-refractivity contribution in [1.29, 1.82) is 0 Å². The molecular weight excluding hydrogens is 792 g/mol. The number of Topliss-reactive ketones (excluding diaryl/α,β-unsaturated/α-hetero) is 1. The molecule has 0 aromatic heterocycles. The van der Waals surface area contributed by atoms with Crippen molar-refractivity contribution in [3.63, 3.8) is 0 Å². The summed E-state index contributed by atoms with van der Waals surface area (Å²) in [4.78, 5) is 42.3. The van der Waals surface area contributed by atoms with Crippen LogP contribution in [0.2, 0.25) is 0 Å². The van der Waals surface area contributed by atoms with Crippen molar-refractivity contribution < 1.29 is 28.2 Å². The van der Waals surface area contributed by atoms with Crippen LogP contribution in [0.5, 0.6) is 5.75 Å². The minimum atomic E-state index is -0.699. The highest BCUT2D eigenvalue weighted by Gasteiger charge is 2.45. The van der Waals surface area contributed by atoms with Gasteiger partial charge in [0.05, 0.1) is 16.8 Å². The third kappa shape index (κ3) is 11.4. The van der Waals surface area contributed by atoms with E-state index in [-0.39, 0.29) is 35.4 Å².